The van der Waals surface area contributed by atoms with Crippen LogP contribution >= 0.6 is 28.3 Å². The fourth-order valence-electron chi connectivity index (χ4n) is 1.19. The molecule has 0 atom stereocenters. The number of nitrogens with one attached hydrogen (secondary N) is 1. The number of carbonyl (C=O) groups is 1. The Bertz CT molecular complexity index is 447. The summed E-state index contributed by atoms with van der Waals surface area (Å²) in [6.45, 7) is -1.59. The number of hydrogen-bond acceptors (Lipinski definition) is 3. The largest absolute Gasteiger partial charge is 0.496 e. The molecule has 0 saturated carbocycles. The number of methoxy groups -OCH3 is 1. The lowest BCUT2D eigenvalue weighted by molar-refractivity contribution is 0.0118. The average Bonchev–Trinajstić information content (AvgIpc) is 2.36. The number of alkyl halides is 2. The maximum atomic E-state index is 12.9. The molecular weight excluding hydrogens is 345 g/mol. The van der Waals surface area contributed by atoms with Gasteiger partial charge >= 0.3 is 0 Å². The molecule has 0 aliphatic rings. The van der Waals surface area contributed by atoms with Crippen LogP contribution in [-0.4, -0.2) is 32.0 Å². The highest BCUT2D eigenvalue weighted by atomic mass is 79.9. The molecule has 1 aromatic carbocycles. The van der Waals surface area contributed by atoms with E-state index in [4.69, 9.17) is 10.5 Å². The Hall–Kier alpha value is -0.920. The third-order valence-corrected chi connectivity index (χ3v) is 2.84. The van der Waals surface area contributed by atoms with Gasteiger partial charge in [-0.05, 0) is 34.1 Å². The van der Waals surface area contributed by atoms with Crippen LogP contribution in [0.1, 0.15) is 10.4 Å². The van der Waals surface area contributed by atoms with E-state index in [1.807, 2.05) is 0 Å². The van der Waals surface area contributed by atoms with Crippen molar-refractivity contribution in [1.82, 2.24) is 5.32 Å². The molecule has 0 fully saturated rings. The van der Waals surface area contributed by atoms with Crippen LogP contribution in [0.2, 0.25) is 0 Å². The molecule has 0 bridgehead atoms. The average molecular weight is 360 g/mol. The number of carbonyl (C=O) groups excluding carboxylic acids is 1. The van der Waals surface area contributed by atoms with E-state index in [9.17, 15) is 13.6 Å². The number of halogens is 4. The molecule has 0 saturated heterocycles. The Kier molecular flexibility index (Phi) is 7.25. The van der Waals surface area contributed by atoms with Gasteiger partial charge in [0.1, 0.15) is 5.75 Å². The first kappa shape index (κ1) is 18.1. The Morgan fingerprint density at radius 3 is 2.63 bits per heavy atom. The van der Waals surface area contributed by atoms with Crippen molar-refractivity contribution >= 4 is 34.2 Å². The van der Waals surface area contributed by atoms with Crippen LogP contribution in [0, 0.1) is 0 Å². The number of nitrogens with two attached hydrogens (primary N) is 1. The van der Waals surface area contributed by atoms with E-state index < -0.39 is 24.9 Å². The van der Waals surface area contributed by atoms with Gasteiger partial charge in [-0.3, -0.25) is 4.79 Å². The molecule has 1 amide bonds. The third-order valence-electron chi connectivity index (χ3n) is 2.22. The molecule has 0 unspecified atom stereocenters. The van der Waals surface area contributed by atoms with Gasteiger partial charge in [0.05, 0.1) is 24.7 Å². The van der Waals surface area contributed by atoms with Crippen LogP contribution in [-0.2, 0) is 0 Å². The van der Waals surface area contributed by atoms with Crippen molar-refractivity contribution in [2.75, 3.05) is 20.2 Å². The fourth-order valence-corrected chi connectivity index (χ4v) is 1.73. The molecule has 0 radical (unpaired) electrons. The highest BCUT2D eigenvalue weighted by Gasteiger charge is 2.27. The van der Waals surface area contributed by atoms with Crippen molar-refractivity contribution in [2.45, 2.75) is 5.92 Å². The SMILES string of the molecule is COc1ccc(C(=O)NCC(F)(F)CN)cc1Br.Cl. The maximum absolute atomic E-state index is 12.9. The first-order valence-electron chi connectivity index (χ1n) is 5.09. The fraction of sp³-hybridized carbons (Fsp3) is 0.364. The summed E-state index contributed by atoms with van der Waals surface area (Å²) in [5.74, 6) is -3.13. The van der Waals surface area contributed by atoms with Crippen LogP contribution in [0.5, 0.6) is 5.75 Å². The van der Waals surface area contributed by atoms with Gasteiger partial charge in [0.15, 0.2) is 0 Å². The summed E-state index contributed by atoms with van der Waals surface area (Å²) in [6, 6.07) is 4.55. The molecule has 1 aromatic rings. The number of hydrogen-bond donors (Lipinski definition) is 2. The zero-order valence-corrected chi connectivity index (χ0v) is 12.5. The zero-order chi connectivity index (χ0) is 13.8. The van der Waals surface area contributed by atoms with Gasteiger partial charge in [-0.2, -0.15) is 0 Å². The van der Waals surface area contributed by atoms with Gasteiger partial charge in [-0.15, -0.1) is 12.4 Å². The lowest BCUT2D eigenvalue weighted by Crippen LogP contribution is -2.41. The van der Waals surface area contributed by atoms with Crippen LogP contribution in [0.4, 0.5) is 8.78 Å². The van der Waals surface area contributed by atoms with Crippen molar-refractivity contribution in [3.8, 4) is 5.75 Å². The zero-order valence-electron chi connectivity index (χ0n) is 10.1. The molecule has 1 rings (SSSR count). The van der Waals surface area contributed by atoms with Crippen LogP contribution in [0.15, 0.2) is 22.7 Å². The Morgan fingerprint density at radius 1 is 1.53 bits per heavy atom. The normalized spacial score (nSPS) is 10.6. The molecule has 19 heavy (non-hydrogen) atoms. The van der Waals surface area contributed by atoms with Gasteiger partial charge in [0.25, 0.3) is 11.8 Å². The molecule has 108 valence electrons. The molecule has 0 heterocycles. The van der Waals surface area contributed by atoms with Crippen LogP contribution < -0.4 is 15.8 Å². The first-order chi connectivity index (χ1) is 8.39. The molecule has 0 aliphatic carbocycles. The molecule has 0 spiro atoms. The lowest BCUT2D eigenvalue weighted by atomic mass is 10.2. The van der Waals surface area contributed by atoms with Crippen molar-refractivity contribution < 1.29 is 18.3 Å². The van der Waals surface area contributed by atoms with Crippen LogP contribution in [0.3, 0.4) is 0 Å². The molecule has 0 aliphatic heterocycles. The standard InChI is InChI=1S/C11H13BrF2N2O2.ClH/c1-18-9-3-2-7(4-8(9)12)10(17)16-6-11(13,14)5-15;/h2-4H,5-6,15H2,1H3,(H,16,17);1H. The minimum atomic E-state index is -3.10. The van der Waals surface area contributed by atoms with E-state index in [1.165, 1.54) is 19.2 Å². The quantitative estimate of drug-likeness (QED) is 0.847. The predicted molar refractivity (Wildman–Crippen MR) is 74.3 cm³/mol. The first-order valence-corrected chi connectivity index (χ1v) is 5.88. The van der Waals surface area contributed by atoms with Crippen molar-refractivity contribution in [2.24, 2.45) is 5.73 Å². The summed E-state index contributed by atoms with van der Waals surface area (Å²) in [6.07, 6.45) is 0. The Labute approximate surface area is 124 Å². The number of benzene rings is 1. The molecule has 4 nitrogen and oxygen atoms in total. The topological polar surface area (TPSA) is 64.3 Å². The predicted octanol–water partition coefficient (Wildman–Crippen LogP) is 2.20. The minimum absolute atomic E-state index is 0. The smallest absolute Gasteiger partial charge is 0.277 e. The minimum Gasteiger partial charge on any atom is -0.496 e. The van der Waals surface area contributed by atoms with Crippen LogP contribution in [0.25, 0.3) is 0 Å². The number of ether oxygens (including phenoxy) is 1. The van der Waals surface area contributed by atoms with Gasteiger partial charge in [-0.25, -0.2) is 8.78 Å². The number of amides is 1. The molecule has 3 N–H and O–H groups in total. The van der Waals surface area contributed by atoms with Gasteiger partial charge in [0.2, 0.25) is 0 Å². The molecular formula is C11H14BrClF2N2O2. The highest BCUT2D eigenvalue weighted by Crippen LogP contribution is 2.25. The Morgan fingerprint density at radius 2 is 2.16 bits per heavy atom. The second-order valence-corrected chi connectivity index (χ2v) is 4.45. The van der Waals surface area contributed by atoms with E-state index >= 15 is 0 Å². The summed E-state index contributed by atoms with van der Waals surface area (Å²) in [7, 11) is 1.49. The third kappa shape index (κ3) is 5.30. The van der Waals surface area contributed by atoms with E-state index in [-0.39, 0.29) is 18.0 Å². The van der Waals surface area contributed by atoms with Gasteiger partial charge in [-0.1, -0.05) is 0 Å². The van der Waals surface area contributed by atoms with E-state index in [1.54, 1.807) is 6.07 Å². The van der Waals surface area contributed by atoms with Crippen molar-refractivity contribution in [3.63, 3.8) is 0 Å². The summed E-state index contributed by atoms with van der Waals surface area (Å²) in [4.78, 5) is 11.6. The maximum Gasteiger partial charge on any atom is 0.277 e. The lowest BCUT2D eigenvalue weighted by Gasteiger charge is -2.14. The summed E-state index contributed by atoms with van der Waals surface area (Å²) in [5.41, 5.74) is 5.13. The number of rotatable bonds is 5. The van der Waals surface area contributed by atoms with Gasteiger partial charge < -0.3 is 15.8 Å². The summed E-state index contributed by atoms with van der Waals surface area (Å²) >= 11 is 3.21. The van der Waals surface area contributed by atoms with Crippen molar-refractivity contribution in [3.05, 3.63) is 28.2 Å². The van der Waals surface area contributed by atoms with Crippen molar-refractivity contribution in [1.29, 1.82) is 0 Å². The van der Waals surface area contributed by atoms with E-state index in [0.717, 1.165) is 0 Å². The monoisotopic (exact) mass is 358 g/mol. The second kappa shape index (κ2) is 7.62. The molecule has 8 heteroatoms. The Balaban J connectivity index is 0.00000324. The highest BCUT2D eigenvalue weighted by molar-refractivity contribution is 9.10. The van der Waals surface area contributed by atoms with E-state index in [0.29, 0.717) is 10.2 Å². The summed E-state index contributed by atoms with van der Waals surface area (Å²) < 4.78 is 31.3. The summed E-state index contributed by atoms with van der Waals surface area (Å²) in [5, 5.41) is 2.12. The van der Waals surface area contributed by atoms with Gasteiger partial charge in [0, 0.05) is 5.56 Å². The second-order valence-electron chi connectivity index (χ2n) is 3.59. The van der Waals surface area contributed by atoms with E-state index in [2.05, 4.69) is 21.2 Å². The molecule has 0 aromatic heterocycles.